The summed E-state index contributed by atoms with van der Waals surface area (Å²) in [6.45, 7) is 2.02. The highest BCUT2D eigenvalue weighted by Crippen LogP contribution is 2.35. The van der Waals surface area contributed by atoms with Crippen LogP contribution in [-0.4, -0.2) is 40.1 Å². The Morgan fingerprint density at radius 3 is 2.88 bits per heavy atom. The van der Waals surface area contributed by atoms with Gasteiger partial charge in [0.2, 0.25) is 5.82 Å². The van der Waals surface area contributed by atoms with Gasteiger partial charge in [-0.3, -0.25) is 19.3 Å². The molecule has 2 fully saturated rings. The van der Waals surface area contributed by atoms with Crippen LogP contribution in [0, 0.1) is 16.0 Å². The van der Waals surface area contributed by atoms with Crippen LogP contribution in [0.25, 0.3) is 5.65 Å². The summed E-state index contributed by atoms with van der Waals surface area (Å²) >= 11 is 0. The number of aromatic nitrogens is 2. The molecule has 0 bridgehead atoms. The van der Waals surface area contributed by atoms with Gasteiger partial charge in [0.1, 0.15) is 5.65 Å². The van der Waals surface area contributed by atoms with E-state index in [1.165, 1.54) is 10.6 Å². The summed E-state index contributed by atoms with van der Waals surface area (Å²) in [5.74, 6) is 0.520. The van der Waals surface area contributed by atoms with E-state index in [-0.39, 0.29) is 11.9 Å². The lowest BCUT2D eigenvalue weighted by Crippen LogP contribution is -2.35. The van der Waals surface area contributed by atoms with Gasteiger partial charge < -0.3 is 9.64 Å². The van der Waals surface area contributed by atoms with Crippen molar-refractivity contribution in [3.8, 4) is 0 Å². The second-order valence-electron chi connectivity index (χ2n) is 6.39. The Hall–Kier alpha value is -2.48. The molecule has 1 atom stereocenters. The van der Waals surface area contributed by atoms with Crippen molar-refractivity contribution in [3.63, 3.8) is 0 Å². The third-order valence-corrected chi connectivity index (χ3v) is 4.61. The molecular weight excluding hydrogens is 312 g/mol. The number of nitrogens with zero attached hydrogens (tertiary/aromatic N) is 4. The average Bonchev–Trinajstić information content (AvgIpc) is 3.28. The molecule has 0 N–H and O–H groups in total. The maximum Gasteiger partial charge on any atom is 0.376 e. The maximum atomic E-state index is 12.6. The third kappa shape index (κ3) is 2.62. The number of fused-ring (bicyclic) bond motifs is 1. The molecule has 1 saturated carbocycles. The molecule has 8 nitrogen and oxygen atoms in total. The van der Waals surface area contributed by atoms with E-state index in [1.807, 2.05) is 4.90 Å². The minimum Gasteiger partial charge on any atom is -0.381 e. The molecule has 1 aliphatic heterocycles. The SMILES string of the molecule is O=c1c([N+](=O)[O-])c(N(CC2CCOC2)C2CC2)nc2ccccn12. The van der Waals surface area contributed by atoms with Gasteiger partial charge >= 0.3 is 11.2 Å². The first kappa shape index (κ1) is 15.1. The molecule has 3 heterocycles. The van der Waals surface area contributed by atoms with Gasteiger partial charge in [-0.1, -0.05) is 6.07 Å². The molecule has 8 heteroatoms. The minimum absolute atomic E-state index is 0.200. The van der Waals surface area contributed by atoms with Gasteiger partial charge in [0, 0.05) is 31.3 Å². The topological polar surface area (TPSA) is 90.0 Å². The fourth-order valence-corrected chi connectivity index (χ4v) is 3.23. The highest BCUT2D eigenvalue weighted by Gasteiger charge is 2.38. The Morgan fingerprint density at radius 2 is 2.21 bits per heavy atom. The Bertz CT molecular complexity index is 840. The summed E-state index contributed by atoms with van der Waals surface area (Å²) in [6.07, 6.45) is 4.39. The lowest BCUT2D eigenvalue weighted by molar-refractivity contribution is -0.385. The van der Waals surface area contributed by atoms with Crippen molar-refractivity contribution in [2.45, 2.75) is 25.3 Å². The molecule has 0 aromatic carbocycles. The quantitative estimate of drug-likeness (QED) is 0.611. The minimum atomic E-state index is -0.631. The van der Waals surface area contributed by atoms with Gasteiger partial charge in [-0.25, -0.2) is 4.98 Å². The van der Waals surface area contributed by atoms with Crippen LogP contribution >= 0.6 is 0 Å². The Kier molecular flexibility index (Phi) is 3.68. The molecule has 126 valence electrons. The summed E-state index contributed by atoms with van der Waals surface area (Å²) in [6, 6.07) is 5.35. The van der Waals surface area contributed by atoms with Gasteiger partial charge in [0.25, 0.3) is 0 Å². The van der Waals surface area contributed by atoms with E-state index in [9.17, 15) is 14.9 Å². The van der Waals surface area contributed by atoms with Gasteiger partial charge in [0.15, 0.2) is 0 Å². The van der Waals surface area contributed by atoms with Crippen LogP contribution in [0.1, 0.15) is 19.3 Å². The zero-order chi connectivity index (χ0) is 16.7. The number of rotatable bonds is 5. The lowest BCUT2D eigenvalue weighted by atomic mass is 10.1. The predicted molar refractivity (Wildman–Crippen MR) is 87.4 cm³/mol. The van der Waals surface area contributed by atoms with E-state index < -0.39 is 16.2 Å². The van der Waals surface area contributed by atoms with Crippen LogP contribution in [0.2, 0.25) is 0 Å². The van der Waals surface area contributed by atoms with Gasteiger partial charge in [-0.2, -0.15) is 0 Å². The van der Waals surface area contributed by atoms with Crippen LogP contribution < -0.4 is 10.5 Å². The standard InChI is InChI=1S/C16H18N4O4/c21-16-14(20(22)23)15(17-13-3-1-2-7-18(13)16)19(12-4-5-12)9-11-6-8-24-10-11/h1-3,7,11-12H,4-6,8-10H2. The van der Waals surface area contributed by atoms with Gasteiger partial charge in [-0.15, -0.1) is 0 Å². The van der Waals surface area contributed by atoms with E-state index >= 15 is 0 Å². The van der Waals surface area contributed by atoms with E-state index in [4.69, 9.17) is 4.74 Å². The molecule has 1 unspecified atom stereocenters. The summed E-state index contributed by atoms with van der Waals surface area (Å²) in [5.41, 5.74) is -0.644. The van der Waals surface area contributed by atoms with Crippen LogP contribution in [-0.2, 0) is 4.74 Å². The molecular formula is C16H18N4O4. The van der Waals surface area contributed by atoms with Gasteiger partial charge in [-0.05, 0) is 31.4 Å². The molecule has 0 radical (unpaired) electrons. The Balaban J connectivity index is 1.84. The first-order chi connectivity index (χ1) is 11.6. The van der Waals surface area contributed by atoms with E-state index in [0.29, 0.717) is 24.7 Å². The summed E-state index contributed by atoms with van der Waals surface area (Å²) in [7, 11) is 0. The van der Waals surface area contributed by atoms with Crippen LogP contribution in [0.5, 0.6) is 0 Å². The van der Waals surface area contributed by atoms with E-state index in [1.54, 1.807) is 18.2 Å². The zero-order valence-electron chi connectivity index (χ0n) is 13.1. The second kappa shape index (κ2) is 5.86. The number of anilines is 1. The van der Waals surface area contributed by atoms with Crippen molar-refractivity contribution < 1.29 is 9.66 Å². The third-order valence-electron chi connectivity index (χ3n) is 4.61. The lowest BCUT2D eigenvalue weighted by Gasteiger charge is -2.25. The molecule has 4 rings (SSSR count). The fraction of sp³-hybridized carbons (Fsp3) is 0.500. The molecule has 2 aliphatic rings. The Labute approximate surface area is 137 Å². The van der Waals surface area contributed by atoms with Crippen molar-refractivity contribution in [2.75, 3.05) is 24.7 Å². The molecule has 0 spiro atoms. The molecule has 1 saturated heterocycles. The van der Waals surface area contributed by atoms with Crippen molar-refractivity contribution >= 4 is 17.2 Å². The van der Waals surface area contributed by atoms with E-state index in [2.05, 4.69) is 4.98 Å². The molecule has 1 aliphatic carbocycles. The summed E-state index contributed by atoms with van der Waals surface area (Å²) < 4.78 is 6.65. The number of ether oxygens (including phenoxy) is 1. The highest BCUT2D eigenvalue weighted by molar-refractivity contribution is 5.62. The molecule has 24 heavy (non-hydrogen) atoms. The second-order valence-corrected chi connectivity index (χ2v) is 6.39. The van der Waals surface area contributed by atoms with Crippen molar-refractivity contribution in [2.24, 2.45) is 5.92 Å². The first-order valence-electron chi connectivity index (χ1n) is 8.15. The largest absolute Gasteiger partial charge is 0.381 e. The maximum absolute atomic E-state index is 12.6. The predicted octanol–water partition coefficient (Wildman–Crippen LogP) is 1.61. The van der Waals surface area contributed by atoms with Crippen molar-refractivity contribution in [1.29, 1.82) is 0 Å². The number of pyridine rings is 1. The Morgan fingerprint density at radius 1 is 1.38 bits per heavy atom. The van der Waals surface area contributed by atoms with Gasteiger partial charge in [0.05, 0.1) is 11.5 Å². The number of nitro groups is 1. The normalized spacial score (nSPS) is 20.4. The molecule has 0 amide bonds. The molecule has 2 aromatic rings. The van der Waals surface area contributed by atoms with Crippen LogP contribution in [0.15, 0.2) is 29.2 Å². The number of hydrogen-bond acceptors (Lipinski definition) is 6. The van der Waals surface area contributed by atoms with Crippen LogP contribution in [0.3, 0.4) is 0 Å². The number of hydrogen-bond donors (Lipinski definition) is 0. The van der Waals surface area contributed by atoms with Crippen LogP contribution in [0.4, 0.5) is 11.5 Å². The fourth-order valence-electron chi connectivity index (χ4n) is 3.23. The highest BCUT2D eigenvalue weighted by atomic mass is 16.6. The smallest absolute Gasteiger partial charge is 0.376 e. The first-order valence-corrected chi connectivity index (χ1v) is 8.15. The summed E-state index contributed by atoms with van der Waals surface area (Å²) in [5, 5.41) is 11.6. The average molecular weight is 330 g/mol. The van der Waals surface area contributed by atoms with Crippen molar-refractivity contribution in [3.05, 3.63) is 44.9 Å². The summed E-state index contributed by atoms with van der Waals surface area (Å²) in [4.78, 5) is 30.0. The zero-order valence-corrected chi connectivity index (χ0v) is 13.1. The molecule has 2 aromatic heterocycles. The van der Waals surface area contributed by atoms with Crippen molar-refractivity contribution in [1.82, 2.24) is 9.38 Å². The monoisotopic (exact) mass is 330 g/mol. The van der Waals surface area contributed by atoms with E-state index in [0.717, 1.165) is 25.9 Å².